The molecular weight excluding hydrogens is 341 g/mol. The summed E-state index contributed by atoms with van der Waals surface area (Å²) in [4.78, 5) is 0. The van der Waals surface area contributed by atoms with Crippen LogP contribution in [0.25, 0.3) is 0 Å². The SMILES string of the molecule is CC(C)OCC(O)CNc1ccc(Br)c(Cl)c1Cl. The largest absolute Gasteiger partial charge is 0.389 e. The number of aliphatic hydroxyl groups excluding tert-OH is 1. The van der Waals surface area contributed by atoms with Crippen LogP contribution in [0, 0.1) is 0 Å². The number of hydrogen-bond acceptors (Lipinski definition) is 3. The highest BCUT2D eigenvalue weighted by molar-refractivity contribution is 9.10. The fourth-order valence-electron chi connectivity index (χ4n) is 1.25. The molecule has 1 aromatic carbocycles. The molecule has 0 bridgehead atoms. The molecule has 0 spiro atoms. The first-order chi connectivity index (χ1) is 8.41. The molecule has 0 saturated heterocycles. The van der Waals surface area contributed by atoms with Crippen molar-refractivity contribution in [1.29, 1.82) is 0 Å². The zero-order valence-corrected chi connectivity index (χ0v) is 13.3. The predicted octanol–water partition coefficient (Wildman–Crippen LogP) is 3.95. The molecule has 0 aliphatic heterocycles. The highest BCUT2D eigenvalue weighted by Crippen LogP contribution is 2.35. The van der Waals surface area contributed by atoms with Crippen molar-refractivity contribution in [2.75, 3.05) is 18.5 Å². The van der Waals surface area contributed by atoms with Gasteiger partial charge in [-0.3, -0.25) is 0 Å². The van der Waals surface area contributed by atoms with Crippen molar-refractivity contribution < 1.29 is 9.84 Å². The third-order valence-electron chi connectivity index (χ3n) is 2.19. The molecule has 1 unspecified atom stereocenters. The van der Waals surface area contributed by atoms with Crippen LogP contribution in [0.15, 0.2) is 16.6 Å². The molecule has 0 saturated carbocycles. The Bertz CT molecular complexity index is 402. The minimum Gasteiger partial charge on any atom is -0.389 e. The van der Waals surface area contributed by atoms with Crippen molar-refractivity contribution in [3.05, 3.63) is 26.7 Å². The Labute approximate surface area is 126 Å². The number of anilines is 1. The predicted molar refractivity (Wildman–Crippen MR) is 79.7 cm³/mol. The van der Waals surface area contributed by atoms with Gasteiger partial charge in [-0.2, -0.15) is 0 Å². The molecule has 0 aliphatic carbocycles. The van der Waals surface area contributed by atoms with Gasteiger partial charge in [-0.05, 0) is 41.9 Å². The first-order valence-electron chi connectivity index (χ1n) is 5.58. The highest BCUT2D eigenvalue weighted by Gasteiger charge is 2.10. The van der Waals surface area contributed by atoms with Crippen LogP contribution in [0.5, 0.6) is 0 Å². The second kappa shape index (κ2) is 7.56. The Morgan fingerprint density at radius 1 is 1.33 bits per heavy atom. The van der Waals surface area contributed by atoms with Crippen LogP contribution in [-0.2, 0) is 4.74 Å². The van der Waals surface area contributed by atoms with Gasteiger partial charge in [0.1, 0.15) is 0 Å². The lowest BCUT2D eigenvalue weighted by Crippen LogP contribution is -2.26. The molecular formula is C12H16BrCl2NO2. The van der Waals surface area contributed by atoms with Gasteiger partial charge in [0.25, 0.3) is 0 Å². The molecule has 18 heavy (non-hydrogen) atoms. The average molecular weight is 357 g/mol. The maximum atomic E-state index is 9.70. The molecule has 0 amide bonds. The van der Waals surface area contributed by atoms with E-state index in [0.717, 1.165) is 4.47 Å². The summed E-state index contributed by atoms with van der Waals surface area (Å²) in [5.74, 6) is 0. The number of rotatable bonds is 6. The van der Waals surface area contributed by atoms with E-state index in [-0.39, 0.29) is 12.7 Å². The lowest BCUT2D eigenvalue weighted by molar-refractivity contribution is 0.0112. The Hall–Kier alpha value is -0.000000000000000111. The lowest BCUT2D eigenvalue weighted by Gasteiger charge is -2.16. The van der Waals surface area contributed by atoms with Crippen molar-refractivity contribution in [3.63, 3.8) is 0 Å². The summed E-state index contributed by atoms with van der Waals surface area (Å²) >= 11 is 15.4. The van der Waals surface area contributed by atoms with E-state index in [9.17, 15) is 5.11 Å². The maximum absolute atomic E-state index is 9.70. The standard InChI is InChI=1S/C12H16BrCl2NO2/c1-7(2)18-6-8(17)5-16-10-4-3-9(13)11(14)12(10)15/h3-4,7-8,16-17H,5-6H2,1-2H3. The second-order valence-electron chi connectivity index (χ2n) is 4.14. The van der Waals surface area contributed by atoms with E-state index in [1.165, 1.54) is 0 Å². The molecule has 0 radical (unpaired) electrons. The molecule has 1 rings (SSSR count). The maximum Gasteiger partial charge on any atom is 0.0945 e. The summed E-state index contributed by atoms with van der Waals surface area (Å²) in [6.07, 6.45) is -0.490. The minimum atomic E-state index is -0.592. The molecule has 3 nitrogen and oxygen atoms in total. The highest BCUT2D eigenvalue weighted by atomic mass is 79.9. The molecule has 6 heteroatoms. The van der Waals surface area contributed by atoms with Crippen LogP contribution < -0.4 is 5.32 Å². The van der Waals surface area contributed by atoms with Gasteiger partial charge in [-0.15, -0.1) is 0 Å². The van der Waals surface area contributed by atoms with Crippen molar-refractivity contribution in [2.24, 2.45) is 0 Å². The van der Waals surface area contributed by atoms with Crippen molar-refractivity contribution in [2.45, 2.75) is 26.1 Å². The van der Waals surface area contributed by atoms with Crippen LogP contribution >= 0.6 is 39.1 Å². The molecule has 0 aliphatic rings. The Morgan fingerprint density at radius 2 is 2.00 bits per heavy atom. The van der Waals surface area contributed by atoms with E-state index in [1.807, 2.05) is 13.8 Å². The molecule has 102 valence electrons. The third-order valence-corrected chi connectivity index (χ3v) is 3.96. The molecule has 1 aromatic rings. The molecule has 0 fully saturated rings. The van der Waals surface area contributed by atoms with Crippen LogP contribution in [0.1, 0.15) is 13.8 Å². The number of ether oxygens (including phenoxy) is 1. The zero-order chi connectivity index (χ0) is 13.7. The average Bonchev–Trinajstić information content (AvgIpc) is 2.32. The summed E-state index contributed by atoms with van der Waals surface area (Å²) in [6.45, 7) is 4.48. The number of aliphatic hydroxyl groups is 1. The zero-order valence-electron chi connectivity index (χ0n) is 10.2. The van der Waals surface area contributed by atoms with Crippen LogP contribution in [0.3, 0.4) is 0 Å². The summed E-state index contributed by atoms with van der Waals surface area (Å²) < 4.78 is 6.05. The van der Waals surface area contributed by atoms with E-state index in [4.69, 9.17) is 27.9 Å². The van der Waals surface area contributed by atoms with Gasteiger partial charge < -0.3 is 15.2 Å². The molecule has 0 heterocycles. The van der Waals surface area contributed by atoms with Crippen molar-refractivity contribution >= 4 is 44.8 Å². The van der Waals surface area contributed by atoms with E-state index >= 15 is 0 Å². The van der Waals surface area contributed by atoms with Gasteiger partial charge in [0.05, 0.1) is 34.5 Å². The molecule has 1 atom stereocenters. The number of nitrogens with one attached hydrogen (secondary N) is 1. The van der Waals surface area contributed by atoms with Crippen LogP contribution in [0.2, 0.25) is 10.0 Å². The number of hydrogen-bond donors (Lipinski definition) is 2. The Balaban J connectivity index is 2.51. The van der Waals surface area contributed by atoms with Crippen LogP contribution in [-0.4, -0.2) is 30.5 Å². The van der Waals surface area contributed by atoms with Crippen molar-refractivity contribution in [3.8, 4) is 0 Å². The van der Waals surface area contributed by atoms with E-state index < -0.39 is 6.10 Å². The minimum absolute atomic E-state index is 0.102. The van der Waals surface area contributed by atoms with Gasteiger partial charge in [0, 0.05) is 11.0 Å². The quantitative estimate of drug-likeness (QED) is 0.758. The summed E-state index contributed by atoms with van der Waals surface area (Å²) in [5, 5.41) is 13.6. The van der Waals surface area contributed by atoms with Gasteiger partial charge in [-0.25, -0.2) is 0 Å². The van der Waals surface area contributed by atoms with Crippen LogP contribution in [0.4, 0.5) is 5.69 Å². The third kappa shape index (κ3) is 4.94. The van der Waals surface area contributed by atoms with Gasteiger partial charge in [-0.1, -0.05) is 23.2 Å². The van der Waals surface area contributed by atoms with Gasteiger partial charge in [0.2, 0.25) is 0 Å². The second-order valence-corrected chi connectivity index (χ2v) is 5.75. The van der Waals surface area contributed by atoms with Crippen molar-refractivity contribution in [1.82, 2.24) is 0 Å². The summed E-state index contributed by atoms with van der Waals surface area (Å²) in [7, 11) is 0. The van der Waals surface area contributed by atoms with E-state index in [2.05, 4.69) is 21.2 Å². The fourth-order valence-corrected chi connectivity index (χ4v) is 2.09. The molecule has 0 aromatic heterocycles. The number of halogens is 3. The summed E-state index contributed by atoms with van der Waals surface area (Å²) in [6, 6.07) is 3.60. The Kier molecular flexibility index (Phi) is 6.74. The van der Waals surface area contributed by atoms with Gasteiger partial charge >= 0.3 is 0 Å². The monoisotopic (exact) mass is 355 g/mol. The molecule has 2 N–H and O–H groups in total. The lowest BCUT2D eigenvalue weighted by atomic mass is 10.3. The van der Waals surface area contributed by atoms with Gasteiger partial charge in [0.15, 0.2) is 0 Å². The van der Waals surface area contributed by atoms with E-state index in [0.29, 0.717) is 22.3 Å². The summed E-state index contributed by atoms with van der Waals surface area (Å²) in [5.41, 5.74) is 0.688. The fraction of sp³-hybridized carbons (Fsp3) is 0.500. The smallest absolute Gasteiger partial charge is 0.0945 e. The first kappa shape index (κ1) is 16.1. The topological polar surface area (TPSA) is 41.5 Å². The first-order valence-corrected chi connectivity index (χ1v) is 7.13. The normalized spacial score (nSPS) is 12.8. The van der Waals surface area contributed by atoms with E-state index in [1.54, 1.807) is 12.1 Å². The Morgan fingerprint density at radius 3 is 2.61 bits per heavy atom. The number of benzene rings is 1.